The fourth-order valence-electron chi connectivity index (χ4n) is 1.31. The van der Waals surface area contributed by atoms with E-state index in [1.807, 2.05) is 7.05 Å². The molecule has 1 N–H and O–H groups in total. The molecule has 0 amide bonds. The van der Waals surface area contributed by atoms with Crippen LogP contribution in [0.4, 0.5) is 5.69 Å². The lowest BCUT2D eigenvalue weighted by Gasteiger charge is -2.04. The highest BCUT2D eigenvalue weighted by molar-refractivity contribution is 5.46. The molecular weight excluding hydrogens is 196 g/mol. The molecule has 0 radical (unpaired) electrons. The summed E-state index contributed by atoms with van der Waals surface area (Å²) in [6, 6.07) is 4.91. The molecule has 0 aliphatic heterocycles. The topological polar surface area (TPSA) is 64.4 Å². The van der Waals surface area contributed by atoms with Gasteiger partial charge in [-0.1, -0.05) is 0 Å². The van der Waals surface area contributed by atoms with Gasteiger partial charge in [0.15, 0.2) is 0 Å². The molecule has 1 aromatic carbocycles. The first kappa shape index (κ1) is 11.5. The molecule has 0 atom stereocenters. The normalized spacial score (nSPS) is 10.0. The maximum absolute atomic E-state index is 10.8. The van der Waals surface area contributed by atoms with Gasteiger partial charge in [-0.05, 0) is 32.1 Å². The van der Waals surface area contributed by atoms with Crippen LogP contribution in [-0.4, -0.2) is 25.6 Å². The van der Waals surface area contributed by atoms with Crippen LogP contribution >= 0.6 is 0 Å². The van der Waals surface area contributed by atoms with Gasteiger partial charge in [-0.3, -0.25) is 10.1 Å². The molecule has 0 bridgehead atoms. The van der Waals surface area contributed by atoms with Gasteiger partial charge in [0, 0.05) is 5.56 Å². The van der Waals surface area contributed by atoms with E-state index in [1.54, 1.807) is 12.1 Å². The Hall–Kier alpha value is -1.62. The molecule has 0 aromatic heterocycles. The zero-order valence-electron chi connectivity index (χ0n) is 8.82. The molecule has 0 aliphatic carbocycles. The number of nitrogens with zero attached hydrogens (tertiary/aromatic N) is 1. The third-order valence-corrected chi connectivity index (χ3v) is 2.13. The van der Waals surface area contributed by atoms with Crippen LogP contribution in [0.25, 0.3) is 0 Å². The number of nitro benzene ring substituents is 1. The Morgan fingerprint density at radius 2 is 2.27 bits per heavy atom. The van der Waals surface area contributed by atoms with E-state index in [1.165, 1.54) is 13.2 Å². The fourth-order valence-corrected chi connectivity index (χ4v) is 1.31. The SMILES string of the molecule is CNCCc1ccc(OC)cc1[N+](=O)[O-]. The highest BCUT2D eigenvalue weighted by Crippen LogP contribution is 2.24. The van der Waals surface area contributed by atoms with Crippen LogP contribution in [-0.2, 0) is 6.42 Å². The monoisotopic (exact) mass is 210 g/mol. The number of methoxy groups -OCH3 is 1. The van der Waals surface area contributed by atoms with Crippen molar-refractivity contribution < 1.29 is 9.66 Å². The summed E-state index contributed by atoms with van der Waals surface area (Å²) in [6.45, 7) is 0.715. The first-order chi connectivity index (χ1) is 7.19. The minimum atomic E-state index is -0.381. The molecule has 0 saturated carbocycles. The Bertz CT molecular complexity index is 353. The van der Waals surface area contributed by atoms with E-state index in [4.69, 9.17) is 4.74 Å². The number of rotatable bonds is 5. The summed E-state index contributed by atoms with van der Waals surface area (Å²) in [7, 11) is 3.31. The Morgan fingerprint density at radius 3 is 2.80 bits per heavy atom. The zero-order valence-corrected chi connectivity index (χ0v) is 8.82. The third-order valence-electron chi connectivity index (χ3n) is 2.13. The van der Waals surface area contributed by atoms with Crippen molar-refractivity contribution in [2.45, 2.75) is 6.42 Å². The summed E-state index contributed by atoms with van der Waals surface area (Å²) in [4.78, 5) is 10.4. The Balaban J connectivity index is 2.98. The standard InChI is InChI=1S/C10H14N2O3/c1-11-6-5-8-3-4-9(15-2)7-10(8)12(13)14/h3-4,7,11H,5-6H2,1-2H3. The lowest BCUT2D eigenvalue weighted by molar-refractivity contribution is -0.385. The number of ether oxygens (including phenoxy) is 1. The second kappa shape index (κ2) is 5.31. The lowest BCUT2D eigenvalue weighted by Crippen LogP contribution is -2.11. The maximum Gasteiger partial charge on any atom is 0.276 e. The average Bonchev–Trinajstić information content (AvgIpc) is 2.26. The van der Waals surface area contributed by atoms with Crippen LogP contribution in [0.15, 0.2) is 18.2 Å². The van der Waals surface area contributed by atoms with E-state index < -0.39 is 0 Å². The van der Waals surface area contributed by atoms with Crippen molar-refractivity contribution in [3.63, 3.8) is 0 Å². The largest absolute Gasteiger partial charge is 0.497 e. The van der Waals surface area contributed by atoms with Gasteiger partial charge in [0.1, 0.15) is 5.75 Å². The van der Waals surface area contributed by atoms with Crippen molar-refractivity contribution in [1.29, 1.82) is 0 Å². The number of likely N-dealkylation sites (N-methyl/N-ethyl adjacent to an activating group) is 1. The average molecular weight is 210 g/mol. The molecule has 0 spiro atoms. The maximum atomic E-state index is 10.8. The molecule has 0 heterocycles. The predicted molar refractivity (Wildman–Crippen MR) is 57.3 cm³/mol. The third kappa shape index (κ3) is 2.92. The van der Waals surface area contributed by atoms with E-state index in [9.17, 15) is 10.1 Å². The van der Waals surface area contributed by atoms with Gasteiger partial charge in [0.05, 0.1) is 18.1 Å². The summed E-state index contributed by atoms with van der Waals surface area (Å²) in [5, 5.41) is 13.7. The first-order valence-corrected chi connectivity index (χ1v) is 4.65. The van der Waals surface area contributed by atoms with Crippen LogP contribution in [0, 0.1) is 10.1 Å². The number of hydrogen-bond acceptors (Lipinski definition) is 4. The quantitative estimate of drug-likeness (QED) is 0.588. The van der Waals surface area contributed by atoms with Crippen molar-refractivity contribution >= 4 is 5.69 Å². The summed E-state index contributed by atoms with van der Waals surface area (Å²) < 4.78 is 4.94. The van der Waals surface area contributed by atoms with Gasteiger partial charge in [-0.15, -0.1) is 0 Å². The fraction of sp³-hybridized carbons (Fsp3) is 0.400. The zero-order chi connectivity index (χ0) is 11.3. The second-order valence-corrected chi connectivity index (χ2v) is 3.11. The molecule has 0 saturated heterocycles. The molecule has 0 aliphatic rings. The molecule has 5 nitrogen and oxygen atoms in total. The van der Waals surface area contributed by atoms with Crippen LogP contribution in [0.2, 0.25) is 0 Å². The number of hydrogen-bond donors (Lipinski definition) is 1. The molecule has 1 rings (SSSR count). The highest BCUT2D eigenvalue weighted by Gasteiger charge is 2.14. The molecular formula is C10H14N2O3. The summed E-state index contributed by atoms with van der Waals surface area (Å²) in [5.41, 5.74) is 0.833. The Labute approximate surface area is 88.2 Å². The number of nitro groups is 1. The summed E-state index contributed by atoms with van der Waals surface area (Å²) in [6.07, 6.45) is 0.636. The van der Waals surface area contributed by atoms with Crippen LogP contribution in [0.1, 0.15) is 5.56 Å². The Morgan fingerprint density at radius 1 is 1.53 bits per heavy atom. The van der Waals surface area contributed by atoms with E-state index in [0.29, 0.717) is 18.7 Å². The van der Waals surface area contributed by atoms with Gasteiger partial charge in [0.2, 0.25) is 0 Å². The van der Waals surface area contributed by atoms with Crippen molar-refractivity contribution in [1.82, 2.24) is 5.32 Å². The van der Waals surface area contributed by atoms with Crippen LogP contribution in [0.3, 0.4) is 0 Å². The summed E-state index contributed by atoms with van der Waals surface area (Å²) >= 11 is 0. The van der Waals surface area contributed by atoms with E-state index in [0.717, 1.165) is 5.56 Å². The first-order valence-electron chi connectivity index (χ1n) is 4.65. The lowest BCUT2D eigenvalue weighted by atomic mass is 10.1. The van der Waals surface area contributed by atoms with Crippen LogP contribution < -0.4 is 10.1 Å². The number of benzene rings is 1. The molecule has 82 valence electrons. The Kier molecular flexibility index (Phi) is 4.05. The molecule has 0 unspecified atom stereocenters. The van der Waals surface area contributed by atoms with E-state index in [2.05, 4.69) is 5.32 Å². The predicted octanol–water partition coefficient (Wildman–Crippen LogP) is 1.37. The molecule has 1 aromatic rings. The summed E-state index contributed by atoms with van der Waals surface area (Å²) in [5.74, 6) is 0.509. The highest BCUT2D eigenvalue weighted by atomic mass is 16.6. The van der Waals surface area contributed by atoms with Gasteiger partial charge in [0.25, 0.3) is 5.69 Å². The second-order valence-electron chi connectivity index (χ2n) is 3.11. The molecule has 15 heavy (non-hydrogen) atoms. The minimum absolute atomic E-state index is 0.115. The number of nitrogens with one attached hydrogen (secondary N) is 1. The minimum Gasteiger partial charge on any atom is -0.497 e. The van der Waals surface area contributed by atoms with E-state index in [-0.39, 0.29) is 10.6 Å². The van der Waals surface area contributed by atoms with Gasteiger partial charge >= 0.3 is 0 Å². The van der Waals surface area contributed by atoms with Crippen LogP contribution in [0.5, 0.6) is 5.75 Å². The van der Waals surface area contributed by atoms with Crippen molar-refractivity contribution in [2.75, 3.05) is 20.7 Å². The van der Waals surface area contributed by atoms with Gasteiger partial charge < -0.3 is 10.1 Å². The van der Waals surface area contributed by atoms with Crippen molar-refractivity contribution in [3.05, 3.63) is 33.9 Å². The smallest absolute Gasteiger partial charge is 0.276 e. The van der Waals surface area contributed by atoms with Crippen molar-refractivity contribution in [2.24, 2.45) is 0 Å². The van der Waals surface area contributed by atoms with Crippen molar-refractivity contribution in [3.8, 4) is 5.75 Å². The molecule has 5 heteroatoms. The molecule has 0 fully saturated rings. The van der Waals surface area contributed by atoms with Gasteiger partial charge in [-0.2, -0.15) is 0 Å². The van der Waals surface area contributed by atoms with Gasteiger partial charge in [-0.25, -0.2) is 0 Å². The van der Waals surface area contributed by atoms with E-state index >= 15 is 0 Å².